The topological polar surface area (TPSA) is 148 Å². The molecule has 12 heteroatoms. The highest BCUT2D eigenvalue weighted by Gasteiger charge is 2.29. The number of nitrogen functional groups attached to an aromatic ring is 1. The maximum absolute atomic E-state index is 13.0. The van der Waals surface area contributed by atoms with Crippen LogP contribution in [0.15, 0.2) is 14.6 Å². The van der Waals surface area contributed by atoms with Crippen molar-refractivity contribution in [2.24, 2.45) is 14.1 Å². The zero-order chi connectivity index (χ0) is 23.0. The number of rotatable bonds is 5. The summed E-state index contributed by atoms with van der Waals surface area (Å²) < 4.78 is 12.2. The van der Waals surface area contributed by atoms with Crippen molar-refractivity contribution in [3.8, 4) is 0 Å². The molecule has 0 bridgehead atoms. The van der Waals surface area contributed by atoms with Gasteiger partial charge in [-0.3, -0.25) is 13.9 Å². The van der Waals surface area contributed by atoms with Gasteiger partial charge in [-0.05, 0) is 20.1 Å². The first-order valence-electron chi connectivity index (χ1n) is 9.30. The van der Waals surface area contributed by atoms with Gasteiger partial charge in [0.2, 0.25) is 0 Å². The molecule has 0 fully saturated rings. The molecular weight excluding hydrogens is 426 g/mol. The molecule has 164 valence electrons. The van der Waals surface area contributed by atoms with Gasteiger partial charge in [0.05, 0.1) is 29.8 Å². The normalized spacial score (nSPS) is 11.1. The first-order chi connectivity index (χ1) is 14.7. The number of aryl methyl sites for hydroxylation is 1. The molecule has 3 heterocycles. The number of carbonyl (C=O) groups is 2. The summed E-state index contributed by atoms with van der Waals surface area (Å²) >= 11 is 1.19. The molecule has 31 heavy (non-hydrogen) atoms. The van der Waals surface area contributed by atoms with Crippen molar-refractivity contribution >= 4 is 51.3 Å². The number of fused-ring (bicyclic) bond motifs is 3. The number of hydrogen-bond acceptors (Lipinski definition) is 10. The fraction of sp³-hybridized carbons (Fsp3) is 0.368. The Morgan fingerprint density at radius 3 is 2.19 bits per heavy atom. The number of pyridine rings is 2. The Hall–Kier alpha value is -3.41. The number of carbonyl (C=O) groups excluding carboxylic acids is 2. The van der Waals surface area contributed by atoms with Crippen LogP contribution in [-0.4, -0.2) is 50.5 Å². The maximum atomic E-state index is 13.0. The Morgan fingerprint density at radius 2 is 1.61 bits per heavy atom. The lowest BCUT2D eigenvalue weighted by Crippen LogP contribution is -2.37. The van der Waals surface area contributed by atoms with Crippen molar-refractivity contribution in [2.75, 3.05) is 25.2 Å². The third kappa shape index (κ3) is 3.42. The highest BCUT2D eigenvalue weighted by molar-refractivity contribution is 7.98. The van der Waals surface area contributed by atoms with Crippen molar-refractivity contribution in [1.29, 1.82) is 0 Å². The quantitative estimate of drug-likeness (QED) is 0.339. The molecule has 3 aromatic rings. The van der Waals surface area contributed by atoms with Crippen LogP contribution < -0.4 is 17.0 Å². The lowest BCUT2D eigenvalue weighted by molar-refractivity contribution is 0.0475. The van der Waals surface area contributed by atoms with Crippen molar-refractivity contribution in [2.45, 2.75) is 18.9 Å². The number of anilines is 1. The summed E-state index contributed by atoms with van der Waals surface area (Å²) in [5, 5.41) is 0.536. The summed E-state index contributed by atoms with van der Waals surface area (Å²) in [5.41, 5.74) is 4.48. The molecule has 0 amide bonds. The van der Waals surface area contributed by atoms with Crippen LogP contribution in [0.1, 0.15) is 34.7 Å². The number of nitrogens with zero attached hydrogens (tertiary/aromatic N) is 4. The van der Waals surface area contributed by atoms with Gasteiger partial charge in [0.25, 0.3) is 5.56 Å². The molecule has 0 saturated carbocycles. The van der Waals surface area contributed by atoms with E-state index in [1.807, 2.05) is 0 Å². The fourth-order valence-corrected chi connectivity index (χ4v) is 3.82. The van der Waals surface area contributed by atoms with Crippen LogP contribution in [0.25, 0.3) is 21.9 Å². The van der Waals surface area contributed by atoms with Crippen LogP contribution >= 0.6 is 11.8 Å². The van der Waals surface area contributed by atoms with Gasteiger partial charge < -0.3 is 15.2 Å². The predicted molar refractivity (Wildman–Crippen MR) is 116 cm³/mol. The molecule has 0 atom stereocenters. The summed E-state index contributed by atoms with van der Waals surface area (Å²) in [5.74, 6) is -1.74. The van der Waals surface area contributed by atoms with Crippen LogP contribution in [-0.2, 0) is 23.6 Å². The Morgan fingerprint density at radius 1 is 1.00 bits per heavy atom. The molecule has 11 nitrogen and oxygen atoms in total. The van der Waals surface area contributed by atoms with E-state index < -0.39 is 23.2 Å². The van der Waals surface area contributed by atoms with Crippen LogP contribution in [0.5, 0.6) is 0 Å². The molecule has 0 spiro atoms. The van der Waals surface area contributed by atoms with Crippen molar-refractivity contribution < 1.29 is 19.1 Å². The van der Waals surface area contributed by atoms with Gasteiger partial charge in [-0.2, -0.15) is 0 Å². The summed E-state index contributed by atoms with van der Waals surface area (Å²) in [7, 11) is 2.79. The van der Waals surface area contributed by atoms with E-state index in [0.717, 1.165) is 4.57 Å². The van der Waals surface area contributed by atoms with E-state index in [1.165, 1.54) is 30.4 Å². The van der Waals surface area contributed by atoms with Crippen LogP contribution in [0, 0.1) is 0 Å². The van der Waals surface area contributed by atoms with E-state index >= 15 is 0 Å². The number of esters is 2. The van der Waals surface area contributed by atoms with Gasteiger partial charge in [0, 0.05) is 14.1 Å². The smallest absolute Gasteiger partial charge is 0.357 e. The minimum Gasteiger partial charge on any atom is -0.462 e. The van der Waals surface area contributed by atoms with E-state index in [2.05, 4.69) is 9.97 Å². The molecule has 2 N–H and O–H groups in total. The lowest BCUT2D eigenvalue weighted by Gasteiger charge is -2.16. The highest BCUT2D eigenvalue weighted by atomic mass is 32.2. The summed E-state index contributed by atoms with van der Waals surface area (Å²) in [4.78, 5) is 59.4. The first-order valence-corrected chi connectivity index (χ1v) is 10.5. The first kappa shape index (κ1) is 22.3. The predicted octanol–water partition coefficient (Wildman–Crippen LogP) is 0.838. The Labute approximate surface area is 180 Å². The monoisotopic (exact) mass is 447 g/mol. The van der Waals surface area contributed by atoms with Gasteiger partial charge in [-0.25, -0.2) is 24.4 Å². The van der Waals surface area contributed by atoms with E-state index in [-0.39, 0.29) is 52.1 Å². The van der Waals surface area contributed by atoms with Crippen molar-refractivity contribution in [3.63, 3.8) is 0 Å². The SMILES string of the molecule is CCOC(=O)c1nc2c(c(SC)nc3c2c(=O)n(C)c(=O)n3C)c(N)c1C(=O)OCC. The second kappa shape index (κ2) is 8.38. The zero-order valence-electron chi connectivity index (χ0n) is 17.6. The van der Waals surface area contributed by atoms with Gasteiger partial charge >= 0.3 is 17.6 Å². The van der Waals surface area contributed by atoms with Gasteiger partial charge in [-0.15, -0.1) is 11.8 Å². The second-order valence-corrected chi connectivity index (χ2v) is 7.23. The Balaban J connectivity index is 2.65. The average molecular weight is 447 g/mol. The fourth-order valence-electron chi connectivity index (χ4n) is 3.23. The molecule has 0 aliphatic carbocycles. The molecule has 0 aromatic carbocycles. The third-order valence-electron chi connectivity index (χ3n) is 4.67. The number of hydrogen-bond donors (Lipinski definition) is 1. The van der Waals surface area contributed by atoms with Crippen LogP contribution in [0.4, 0.5) is 5.69 Å². The van der Waals surface area contributed by atoms with E-state index in [0.29, 0.717) is 5.03 Å². The molecule has 3 aromatic heterocycles. The summed E-state index contributed by atoms with van der Waals surface area (Å²) in [6, 6.07) is 0. The third-order valence-corrected chi connectivity index (χ3v) is 5.35. The zero-order valence-corrected chi connectivity index (χ0v) is 18.5. The van der Waals surface area contributed by atoms with Crippen molar-refractivity contribution in [1.82, 2.24) is 19.1 Å². The number of thioether (sulfide) groups is 1. The molecule has 3 rings (SSSR count). The minimum atomic E-state index is -0.892. The molecular formula is C19H21N5O6S. The van der Waals surface area contributed by atoms with Crippen LogP contribution in [0.3, 0.4) is 0 Å². The lowest BCUT2D eigenvalue weighted by atomic mass is 10.1. The van der Waals surface area contributed by atoms with E-state index in [4.69, 9.17) is 15.2 Å². The Bertz CT molecular complexity index is 1360. The minimum absolute atomic E-state index is 0.00921. The molecule has 0 aliphatic rings. The Kier molecular flexibility index (Phi) is 6.02. The van der Waals surface area contributed by atoms with E-state index in [1.54, 1.807) is 20.1 Å². The van der Waals surface area contributed by atoms with Gasteiger partial charge in [0.1, 0.15) is 16.0 Å². The average Bonchev–Trinajstić information content (AvgIpc) is 2.74. The molecule has 0 unspecified atom stereocenters. The number of aromatic nitrogens is 4. The molecule has 0 aliphatic heterocycles. The van der Waals surface area contributed by atoms with Crippen molar-refractivity contribution in [3.05, 3.63) is 32.1 Å². The largest absolute Gasteiger partial charge is 0.462 e. The molecule has 0 radical (unpaired) electrons. The highest BCUT2D eigenvalue weighted by Crippen LogP contribution is 2.35. The number of nitrogens with two attached hydrogens (primary N) is 1. The van der Waals surface area contributed by atoms with Gasteiger partial charge in [0.15, 0.2) is 11.3 Å². The van der Waals surface area contributed by atoms with E-state index in [9.17, 15) is 19.2 Å². The summed E-state index contributed by atoms with van der Waals surface area (Å²) in [6.45, 7) is 3.29. The van der Waals surface area contributed by atoms with Gasteiger partial charge in [-0.1, -0.05) is 0 Å². The number of ether oxygens (including phenoxy) is 2. The standard InChI is InChI=1S/C19H21N5O6S/c1-6-29-17(26)9-11(20)8-12(21-13(9)18(27)30-7-2)10-14(22-15(8)31-5)23(3)19(28)24(4)16(10)25/h6-7H2,1-5H3,(H2,20,21). The maximum Gasteiger partial charge on any atom is 0.357 e. The second-order valence-electron chi connectivity index (χ2n) is 6.44. The summed E-state index contributed by atoms with van der Waals surface area (Å²) in [6.07, 6.45) is 1.72. The molecule has 0 saturated heterocycles. The van der Waals surface area contributed by atoms with Crippen LogP contribution in [0.2, 0.25) is 0 Å².